The molecule has 0 saturated heterocycles. The topological polar surface area (TPSA) is 12.9 Å². The van der Waals surface area contributed by atoms with E-state index < -0.39 is 0 Å². The molecule has 2 heterocycles. The minimum absolute atomic E-state index is 0.229. The molecule has 0 bridgehead atoms. The fourth-order valence-corrected chi connectivity index (χ4v) is 3.86. The molecule has 1 aromatic carbocycles. The van der Waals surface area contributed by atoms with Gasteiger partial charge in [0.15, 0.2) is 0 Å². The van der Waals surface area contributed by atoms with Gasteiger partial charge < -0.3 is 0 Å². The first-order chi connectivity index (χ1) is 11.8. The number of thiophene rings is 1. The van der Waals surface area contributed by atoms with Crippen molar-refractivity contribution in [2.45, 2.75) is 39.0 Å². The van der Waals surface area contributed by atoms with Crippen LogP contribution in [0.4, 0.5) is 4.39 Å². The average Bonchev–Trinajstić information content (AvgIpc) is 3.07. The van der Waals surface area contributed by atoms with E-state index in [-0.39, 0.29) is 5.82 Å². The van der Waals surface area contributed by atoms with Gasteiger partial charge in [-0.05, 0) is 59.7 Å². The van der Waals surface area contributed by atoms with E-state index in [9.17, 15) is 4.39 Å². The highest BCUT2D eigenvalue weighted by Crippen LogP contribution is 2.32. The van der Waals surface area contributed by atoms with Gasteiger partial charge in [0.2, 0.25) is 0 Å². The van der Waals surface area contributed by atoms with Gasteiger partial charge in [0.1, 0.15) is 5.82 Å². The first-order valence-electron chi connectivity index (χ1n) is 8.56. The largest absolute Gasteiger partial charge is 0.256 e. The molecule has 0 atom stereocenters. The maximum absolute atomic E-state index is 13.5. The Morgan fingerprint density at radius 2 is 1.92 bits per heavy atom. The number of rotatable bonds is 7. The zero-order chi connectivity index (χ0) is 16.8. The second kappa shape index (κ2) is 8.20. The number of pyridine rings is 1. The van der Waals surface area contributed by atoms with Crippen LogP contribution in [-0.4, -0.2) is 4.98 Å². The van der Waals surface area contributed by atoms with E-state index in [2.05, 4.69) is 29.4 Å². The number of hydrogen-bond donors (Lipinski definition) is 0. The number of hydrogen-bond acceptors (Lipinski definition) is 2. The molecule has 0 unspecified atom stereocenters. The van der Waals surface area contributed by atoms with Crippen molar-refractivity contribution in [3.63, 3.8) is 0 Å². The Labute approximate surface area is 147 Å². The van der Waals surface area contributed by atoms with Crippen LogP contribution in [0, 0.1) is 5.82 Å². The Kier molecular flexibility index (Phi) is 5.76. The molecular formula is C21H22FNS. The lowest BCUT2D eigenvalue weighted by atomic mass is 10.0. The molecule has 3 rings (SSSR count). The van der Waals surface area contributed by atoms with Gasteiger partial charge in [-0.1, -0.05) is 38.3 Å². The van der Waals surface area contributed by atoms with Crippen LogP contribution in [0.25, 0.3) is 21.7 Å². The first-order valence-corrected chi connectivity index (χ1v) is 9.44. The highest BCUT2D eigenvalue weighted by molar-refractivity contribution is 7.13. The Morgan fingerprint density at radius 1 is 1.00 bits per heavy atom. The van der Waals surface area contributed by atoms with Crippen molar-refractivity contribution >= 4 is 11.3 Å². The predicted octanol–water partition coefficient (Wildman–Crippen LogP) is 6.74. The van der Waals surface area contributed by atoms with Crippen LogP contribution in [0.1, 0.15) is 38.2 Å². The van der Waals surface area contributed by atoms with Gasteiger partial charge in [-0.15, -0.1) is 11.3 Å². The Hall–Kier alpha value is -2.00. The van der Waals surface area contributed by atoms with Gasteiger partial charge in [0.25, 0.3) is 0 Å². The van der Waals surface area contributed by atoms with Crippen LogP contribution < -0.4 is 0 Å². The molecule has 0 aliphatic heterocycles. The lowest BCUT2D eigenvalue weighted by Crippen LogP contribution is -1.89. The quantitative estimate of drug-likeness (QED) is 0.434. The van der Waals surface area contributed by atoms with Crippen molar-refractivity contribution < 1.29 is 4.39 Å². The second-order valence-electron chi connectivity index (χ2n) is 6.03. The molecule has 1 nitrogen and oxygen atoms in total. The van der Waals surface area contributed by atoms with Crippen LogP contribution in [0.15, 0.2) is 54.0 Å². The van der Waals surface area contributed by atoms with Crippen molar-refractivity contribution in [3.05, 3.63) is 65.4 Å². The van der Waals surface area contributed by atoms with Gasteiger partial charge >= 0.3 is 0 Å². The number of nitrogens with zero attached hydrogens (tertiary/aromatic N) is 1. The standard InChI is InChI=1S/C21H22FNS/c1-2-3-4-5-7-16-11-13-24-21(16)18-10-12-23-20(15-18)17-8-6-9-19(22)14-17/h6,8-15H,2-5,7H2,1H3. The molecule has 0 radical (unpaired) electrons. The third-order valence-corrected chi connectivity index (χ3v) is 5.19. The number of aromatic nitrogens is 1. The molecule has 124 valence electrons. The van der Waals surface area contributed by atoms with Crippen LogP contribution >= 0.6 is 11.3 Å². The molecule has 0 aliphatic rings. The summed E-state index contributed by atoms with van der Waals surface area (Å²) in [5.41, 5.74) is 4.22. The Bertz CT molecular complexity index is 794. The maximum Gasteiger partial charge on any atom is 0.123 e. The van der Waals surface area contributed by atoms with Gasteiger partial charge in [0.05, 0.1) is 5.69 Å². The fraction of sp³-hybridized carbons (Fsp3) is 0.286. The van der Waals surface area contributed by atoms with Crippen molar-refractivity contribution in [3.8, 4) is 21.7 Å². The van der Waals surface area contributed by atoms with E-state index in [0.717, 1.165) is 17.7 Å². The molecule has 3 heteroatoms. The van der Waals surface area contributed by atoms with E-state index >= 15 is 0 Å². The van der Waals surface area contributed by atoms with Crippen LogP contribution in [-0.2, 0) is 6.42 Å². The monoisotopic (exact) mass is 339 g/mol. The summed E-state index contributed by atoms with van der Waals surface area (Å²) in [5, 5.41) is 2.16. The molecule has 0 amide bonds. The number of halogens is 1. The molecule has 0 fully saturated rings. The fourth-order valence-electron chi connectivity index (χ4n) is 2.91. The predicted molar refractivity (Wildman–Crippen MR) is 101 cm³/mol. The van der Waals surface area contributed by atoms with E-state index in [0.29, 0.717) is 0 Å². The van der Waals surface area contributed by atoms with Gasteiger partial charge in [-0.25, -0.2) is 4.39 Å². The van der Waals surface area contributed by atoms with Crippen LogP contribution in [0.5, 0.6) is 0 Å². The zero-order valence-corrected chi connectivity index (χ0v) is 14.8. The lowest BCUT2D eigenvalue weighted by Gasteiger charge is -2.07. The van der Waals surface area contributed by atoms with E-state index in [4.69, 9.17) is 0 Å². The SMILES string of the molecule is CCCCCCc1ccsc1-c1ccnc(-c2cccc(F)c2)c1. The first kappa shape index (κ1) is 16.8. The third kappa shape index (κ3) is 4.09. The minimum Gasteiger partial charge on any atom is -0.256 e. The number of aryl methyl sites for hydroxylation is 1. The summed E-state index contributed by atoms with van der Waals surface area (Å²) in [7, 11) is 0. The molecule has 0 N–H and O–H groups in total. The smallest absolute Gasteiger partial charge is 0.123 e. The normalized spacial score (nSPS) is 10.9. The van der Waals surface area contributed by atoms with Crippen molar-refractivity contribution in [1.82, 2.24) is 4.98 Å². The molecule has 2 aromatic heterocycles. The summed E-state index contributed by atoms with van der Waals surface area (Å²) in [6, 6.07) is 13.0. The maximum atomic E-state index is 13.5. The summed E-state index contributed by atoms with van der Waals surface area (Å²) >= 11 is 1.77. The van der Waals surface area contributed by atoms with E-state index in [1.54, 1.807) is 17.4 Å². The average molecular weight is 339 g/mol. The van der Waals surface area contributed by atoms with Crippen LogP contribution in [0.3, 0.4) is 0 Å². The Balaban J connectivity index is 1.83. The van der Waals surface area contributed by atoms with Crippen molar-refractivity contribution in [2.24, 2.45) is 0 Å². The van der Waals surface area contributed by atoms with Gasteiger partial charge in [-0.2, -0.15) is 0 Å². The minimum atomic E-state index is -0.229. The van der Waals surface area contributed by atoms with E-state index in [1.807, 2.05) is 18.3 Å². The van der Waals surface area contributed by atoms with E-state index in [1.165, 1.54) is 53.8 Å². The summed E-state index contributed by atoms with van der Waals surface area (Å²) in [4.78, 5) is 5.73. The van der Waals surface area contributed by atoms with Crippen molar-refractivity contribution in [1.29, 1.82) is 0 Å². The van der Waals surface area contributed by atoms with Crippen molar-refractivity contribution in [2.75, 3.05) is 0 Å². The molecule has 0 aliphatic carbocycles. The van der Waals surface area contributed by atoms with Gasteiger partial charge in [0, 0.05) is 16.6 Å². The summed E-state index contributed by atoms with van der Waals surface area (Å²) in [6.07, 6.45) is 8.03. The van der Waals surface area contributed by atoms with Crippen LogP contribution in [0.2, 0.25) is 0 Å². The zero-order valence-electron chi connectivity index (χ0n) is 14.0. The molecule has 0 saturated carbocycles. The molecule has 3 aromatic rings. The second-order valence-corrected chi connectivity index (χ2v) is 6.94. The molecule has 0 spiro atoms. The summed E-state index contributed by atoms with van der Waals surface area (Å²) < 4.78 is 13.5. The van der Waals surface area contributed by atoms with Gasteiger partial charge in [-0.3, -0.25) is 4.98 Å². The highest BCUT2D eigenvalue weighted by atomic mass is 32.1. The lowest BCUT2D eigenvalue weighted by molar-refractivity contribution is 0.628. The Morgan fingerprint density at radius 3 is 2.75 bits per heavy atom. The summed E-state index contributed by atoms with van der Waals surface area (Å²) in [5.74, 6) is -0.229. The highest BCUT2D eigenvalue weighted by Gasteiger charge is 2.09. The molecular weight excluding hydrogens is 317 g/mol. The number of benzene rings is 1. The number of unbranched alkanes of at least 4 members (excludes halogenated alkanes) is 3. The third-order valence-electron chi connectivity index (χ3n) is 4.19. The summed E-state index contributed by atoms with van der Waals surface area (Å²) in [6.45, 7) is 2.24. The molecule has 24 heavy (non-hydrogen) atoms.